The van der Waals surface area contributed by atoms with Crippen LogP contribution in [-0.4, -0.2) is 55.3 Å². The zero-order chi connectivity index (χ0) is 52.4. The Balaban J connectivity index is 0.759. The van der Waals surface area contributed by atoms with Crippen LogP contribution in [0.4, 0.5) is 0 Å². The molecule has 6 amide bonds. The molecule has 0 spiro atoms. The Hall–Kier alpha value is -8.16. The van der Waals surface area contributed by atoms with Crippen molar-refractivity contribution in [2.24, 2.45) is 35.5 Å². The highest BCUT2D eigenvalue weighted by atomic mass is 16.5. The summed E-state index contributed by atoms with van der Waals surface area (Å²) in [6.45, 7) is 0.789. The fourth-order valence-corrected chi connectivity index (χ4v) is 17.4. The molecule has 12 heteroatoms. The summed E-state index contributed by atoms with van der Waals surface area (Å²) in [5.41, 5.74) is 11.8. The predicted octanol–water partition coefficient (Wildman–Crippen LogP) is 7.24. The van der Waals surface area contributed by atoms with E-state index in [9.17, 15) is 28.8 Å². The quantitative estimate of drug-likeness (QED) is 0.107. The van der Waals surface area contributed by atoms with Crippen LogP contribution in [0.15, 0.2) is 164 Å². The standard InChI is InChI=1S/C66H51N3O9/c70-58-52-49-37-13-1-7-19-43(37)64(55(52)61(73)67-58,44-20-8-2-14-38(44)49)31-76-28-34-25-35(29-77-32-65-45-21-9-3-15-39(45)50(40-16-4-10-22-46(40)65)53-56(65)62(74)68-59(53)71)27-36(26-34)30-78-33-66-47-23-11-5-17-41(47)51(42-18-6-12-24-48(42)66)54-57(66)63(75)69-60(54)72/h1-27,49-57H,28-33H2,(H,67,70,73)(H,68,71,74)(H,69,72,75)/t49?,50?,51?,52-,53-,54+,55+,56+,57-,64?,65?,66?/m1/s1. The molecule has 6 atom stereocenters. The van der Waals surface area contributed by atoms with E-state index < -0.39 is 51.8 Å². The Morgan fingerprint density at radius 3 is 0.756 bits per heavy atom. The summed E-state index contributed by atoms with van der Waals surface area (Å²) < 4.78 is 20.8. The average Bonchev–Trinajstić information content (AvgIpc) is 4.25. The lowest BCUT2D eigenvalue weighted by Crippen LogP contribution is -2.56. The van der Waals surface area contributed by atoms with E-state index in [-0.39, 0.29) is 92.8 Å². The zero-order valence-corrected chi connectivity index (χ0v) is 42.2. The SMILES string of the molecule is O=C1NC(=O)[C@@H]2[C@H]1C1c3ccccc3C2(COCc2cc(COCC34c5ccccc5C(c5ccccc53)[C@H]3C(=O)NC(=O)[C@H]34)cc(COCC34c5ccccc5C(c5ccccc53)[C@@H]3C(=O)NC(=O)[C@@H]34)c2)c2ccccc21. The van der Waals surface area contributed by atoms with Gasteiger partial charge in [0, 0.05) is 17.8 Å². The van der Waals surface area contributed by atoms with E-state index in [1.807, 2.05) is 91.0 Å². The van der Waals surface area contributed by atoms with Gasteiger partial charge in [-0.1, -0.05) is 164 Å². The number of hydrogen-bond acceptors (Lipinski definition) is 9. The third kappa shape index (κ3) is 5.79. The molecule has 0 radical (unpaired) electrons. The van der Waals surface area contributed by atoms with Crippen molar-refractivity contribution < 1.29 is 43.0 Å². The minimum atomic E-state index is -0.942. The normalized spacial score (nSPS) is 31.0. The molecule has 3 heterocycles. The van der Waals surface area contributed by atoms with Gasteiger partial charge in [-0.2, -0.15) is 0 Å². The van der Waals surface area contributed by atoms with Gasteiger partial charge in [0.2, 0.25) is 35.4 Å². The van der Waals surface area contributed by atoms with Crippen molar-refractivity contribution in [3.8, 4) is 0 Å². The highest BCUT2D eigenvalue weighted by Gasteiger charge is 2.69. The lowest BCUT2D eigenvalue weighted by atomic mass is 9.47. The number of nitrogens with one attached hydrogen (secondary N) is 3. The summed E-state index contributed by atoms with van der Waals surface area (Å²) in [6.07, 6.45) is 0. The summed E-state index contributed by atoms with van der Waals surface area (Å²) in [6, 6.07) is 54.9. The summed E-state index contributed by atoms with van der Waals surface area (Å²) in [5, 5.41) is 8.10. The van der Waals surface area contributed by atoms with E-state index in [2.05, 4.69) is 88.7 Å². The van der Waals surface area contributed by atoms with Crippen LogP contribution in [0.2, 0.25) is 0 Å². The van der Waals surface area contributed by atoms with Gasteiger partial charge in [-0.05, 0) is 83.5 Å². The largest absolute Gasteiger partial charge is 0.375 e. The second-order valence-corrected chi connectivity index (χ2v) is 23.1. The van der Waals surface area contributed by atoms with Crippen LogP contribution in [0, 0.1) is 35.5 Å². The summed E-state index contributed by atoms with van der Waals surface area (Å²) in [4.78, 5) is 83.4. The lowest BCUT2D eigenvalue weighted by molar-refractivity contribution is -0.128. The van der Waals surface area contributed by atoms with E-state index >= 15 is 0 Å². The van der Waals surface area contributed by atoms with Gasteiger partial charge in [0.25, 0.3) is 0 Å². The van der Waals surface area contributed by atoms with Gasteiger partial charge < -0.3 is 14.2 Å². The summed E-state index contributed by atoms with van der Waals surface area (Å²) in [7, 11) is 0. The number of imide groups is 3. The number of hydrogen-bond donors (Lipinski definition) is 3. The Bertz CT molecular complexity index is 3320. The second kappa shape index (κ2) is 16.4. The third-order valence-corrected chi connectivity index (χ3v) is 19.8. The minimum absolute atomic E-state index is 0.125. The van der Waals surface area contributed by atoms with Crippen LogP contribution < -0.4 is 16.0 Å². The van der Waals surface area contributed by atoms with Gasteiger partial charge in [0.1, 0.15) is 0 Å². The predicted molar refractivity (Wildman–Crippen MR) is 282 cm³/mol. The van der Waals surface area contributed by atoms with E-state index in [0.29, 0.717) is 0 Å². The molecule has 6 bridgehead atoms. The summed E-state index contributed by atoms with van der Waals surface area (Å²) >= 11 is 0. The first-order valence-electron chi connectivity index (χ1n) is 27.1. The van der Waals surface area contributed by atoms with E-state index in [1.54, 1.807) is 0 Å². The number of ether oxygens (including phenoxy) is 3. The molecular formula is C66H51N3O9. The van der Waals surface area contributed by atoms with Crippen LogP contribution in [0.25, 0.3) is 0 Å². The lowest BCUT2D eigenvalue weighted by Gasteiger charge is -2.54. The molecule has 12 nitrogen and oxygen atoms in total. The number of rotatable bonds is 12. The van der Waals surface area contributed by atoms with Crippen LogP contribution in [0.5, 0.6) is 0 Å². The molecule has 12 aliphatic rings. The average molecular weight is 1030 g/mol. The Morgan fingerprint density at radius 1 is 0.308 bits per heavy atom. The first-order valence-corrected chi connectivity index (χ1v) is 27.1. The van der Waals surface area contributed by atoms with Crippen molar-refractivity contribution in [2.75, 3.05) is 19.8 Å². The fourth-order valence-electron chi connectivity index (χ4n) is 17.4. The number of carbonyl (C=O) groups is 6. The monoisotopic (exact) mass is 1030 g/mol. The number of carbonyl (C=O) groups excluding carboxylic acids is 6. The molecule has 7 aromatic carbocycles. The molecule has 0 unspecified atom stereocenters. The molecule has 19 rings (SSSR count). The maximum Gasteiger partial charge on any atom is 0.231 e. The van der Waals surface area contributed by atoms with E-state index in [0.717, 1.165) is 83.5 Å². The van der Waals surface area contributed by atoms with Gasteiger partial charge in [0.05, 0.1) is 91.4 Å². The topological polar surface area (TPSA) is 166 Å². The Morgan fingerprint density at radius 2 is 0.526 bits per heavy atom. The molecular weight excluding hydrogens is 979 g/mol. The van der Waals surface area contributed by atoms with Gasteiger partial charge in [-0.25, -0.2) is 0 Å². The third-order valence-electron chi connectivity index (χ3n) is 19.8. The van der Waals surface area contributed by atoms with Crippen molar-refractivity contribution in [3.63, 3.8) is 0 Å². The van der Waals surface area contributed by atoms with Gasteiger partial charge >= 0.3 is 0 Å². The van der Waals surface area contributed by atoms with Crippen LogP contribution in [0.1, 0.15) is 101 Å². The van der Waals surface area contributed by atoms with Crippen LogP contribution >= 0.6 is 0 Å². The highest BCUT2D eigenvalue weighted by molar-refractivity contribution is 6.10. The smallest absolute Gasteiger partial charge is 0.231 e. The summed E-state index contributed by atoms with van der Waals surface area (Å²) in [5.74, 6) is -6.10. The number of benzene rings is 7. The zero-order valence-electron chi connectivity index (χ0n) is 42.2. The Kier molecular flexibility index (Phi) is 9.69. The molecule has 7 aromatic rings. The van der Waals surface area contributed by atoms with Gasteiger partial charge in [-0.3, -0.25) is 44.7 Å². The maximum atomic E-state index is 14.0. The van der Waals surface area contributed by atoms with E-state index in [1.165, 1.54) is 0 Å². The molecule has 384 valence electrons. The molecule has 78 heavy (non-hydrogen) atoms. The Labute approximate surface area is 448 Å². The molecule has 3 fully saturated rings. The minimum Gasteiger partial charge on any atom is -0.375 e. The fraction of sp³-hybridized carbons (Fsp3) is 0.273. The van der Waals surface area contributed by atoms with Crippen molar-refractivity contribution in [2.45, 2.75) is 53.8 Å². The van der Waals surface area contributed by atoms with Crippen LogP contribution in [-0.2, 0) is 79.0 Å². The van der Waals surface area contributed by atoms with Gasteiger partial charge in [0.15, 0.2) is 0 Å². The number of amides is 6. The molecule has 0 saturated carbocycles. The highest BCUT2D eigenvalue weighted by Crippen LogP contribution is 2.66. The molecule has 3 aliphatic heterocycles. The first-order chi connectivity index (χ1) is 38.1. The van der Waals surface area contributed by atoms with Crippen LogP contribution in [0.3, 0.4) is 0 Å². The van der Waals surface area contributed by atoms with Gasteiger partial charge in [-0.15, -0.1) is 0 Å². The maximum absolute atomic E-state index is 14.0. The molecule has 3 N–H and O–H groups in total. The molecule has 9 aliphatic carbocycles. The van der Waals surface area contributed by atoms with Crippen molar-refractivity contribution in [1.82, 2.24) is 16.0 Å². The second-order valence-electron chi connectivity index (χ2n) is 23.1. The van der Waals surface area contributed by atoms with Crippen molar-refractivity contribution in [3.05, 3.63) is 247 Å². The van der Waals surface area contributed by atoms with Crippen molar-refractivity contribution >= 4 is 35.4 Å². The van der Waals surface area contributed by atoms with E-state index in [4.69, 9.17) is 14.2 Å². The molecule has 0 aromatic heterocycles. The van der Waals surface area contributed by atoms with Crippen molar-refractivity contribution in [1.29, 1.82) is 0 Å². The first kappa shape index (κ1) is 46.0. The molecule has 3 saturated heterocycles.